The van der Waals surface area contributed by atoms with Crippen molar-refractivity contribution in [1.82, 2.24) is 29.4 Å². The Labute approximate surface area is 238 Å². The lowest BCUT2D eigenvalue weighted by Crippen LogP contribution is -2.46. The smallest absolute Gasteiger partial charge is 0.331 e. The van der Waals surface area contributed by atoms with E-state index in [1.165, 1.54) is 21.7 Å². The van der Waals surface area contributed by atoms with E-state index in [2.05, 4.69) is 5.10 Å². The molecule has 2 aromatic heterocycles. The number of halogens is 4. The fourth-order valence-electron chi connectivity index (χ4n) is 5.77. The molecule has 0 unspecified atom stereocenters. The monoisotopic (exact) mass is 588 g/mol. The molecule has 9 nitrogen and oxygen atoms in total. The molecule has 3 aliphatic rings. The molecule has 1 aromatic carbocycles. The molecule has 41 heavy (non-hydrogen) atoms. The van der Waals surface area contributed by atoms with E-state index < -0.39 is 28.7 Å². The highest BCUT2D eigenvalue weighted by molar-refractivity contribution is 6.31. The molecule has 6 rings (SSSR count). The molecule has 3 aromatic rings. The highest BCUT2D eigenvalue weighted by atomic mass is 35.5. The van der Waals surface area contributed by atoms with E-state index in [1.54, 1.807) is 22.7 Å². The second kappa shape index (κ2) is 9.71. The van der Waals surface area contributed by atoms with Gasteiger partial charge < -0.3 is 9.80 Å². The molecule has 0 N–H and O–H groups in total. The fraction of sp³-hybridized carbons (Fsp3) is 0.464. The molecule has 1 fully saturated rings. The van der Waals surface area contributed by atoms with Crippen LogP contribution in [0.1, 0.15) is 95.0 Å². The maximum absolute atomic E-state index is 13.9. The number of rotatable bonds is 4. The number of carbonyl (C=O) groups excluding carboxylic acids is 2. The molecule has 2 amide bonds. The first-order chi connectivity index (χ1) is 19.3. The Morgan fingerprint density at radius 2 is 1.83 bits per heavy atom. The van der Waals surface area contributed by atoms with Crippen LogP contribution in [0.2, 0.25) is 5.02 Å². The minimum absolute atomic E-state index is 0.0221. The number of alkyl halides is 3. The molecular formula is C28H28ClF3N6O3. The third-order valence-electron chi connectivity index (χ3n) is 8.25. The number of nitrogens with zero attached hydrogens (tertiary/aromatic N) is 6. The molecule has 1 aliphatic carbocycles. The van der Waals surface area contributed by atoms with Gasteiger partial charge in [-0.1, -0.05) is 11.6 Å². The Kier molecular flexibility index (Phi) is 6.51. The van der Waals surface area contributed by atoms with E-state index >= 15 is 0 Å². The SMILES string of the molecule is C[C@@H]1Cc2nn3c(c2CN1C(=O)c1ccc(Cl)c(C(F)(F)F)c1)C(=O)N([C@@H](C)c1cnn(C2CC2)c(=O)c1)C[C@H]3C. The van der Waals surface area contributed by atoms with Gasteiger partial charge in [0.1, 0.15) is 5.69 Å². The summed E-state index contributed by atoms with van der Waals surface area (Å²) in [6.07, 6.45) is -0.870. The molecule has 0 bridgehead atoms. The van der Waals surface area contributed by atoms with Gasteiger partial charge in [-0.2, -0.15) is 23.4 Å². The summed E-state index contributed by atoms with van der Waals surface area (Å²) in [6, 6.07) is 3.81. The average Bonchev–Trinajstić information content (AvgIpc) is 3.69. The largest absolute Gasteiger partial charge is 0.417 e. The van der Waals surface area contributed by atoms with Crippen molar-refractivity contribution < 1.29 is 22.8 Å². The summed E-state index contributed by atoms with van der Waals surface area (Å²) < 4.78 is 43.5. The summed E-state index contributed by atoms with van der Waals surface area (Å²) in [5.74, 6) is -0.877. The predicted molar refractivity (Wildman–Crippen MR) is 143 cm³/mol. The Bertz CT molecular complexity index is 1630. The Morgan fingerprint density at radius 1 is 1.10 bits per heavy atom. The number of carbonyl (C=O) groups is 2. The van der Waals surface area contributed by atoms with E-state index in [0.717, 1.165) is 25.0 Å². The van der Waals surface area contributed by atoms with Crippen molar-refractivity contribution in [3.05, 3.63) is 79.5 Å². The van der Waals surface area contributed by atoms with Gasteiger partial charge in [-0.25, -0.2) is 4.68 Å². The van der Waals surface area contributed by atoms with E-state index in [9.17, 15) is 27.6 Å². The zero-order chi connectivity index (χ0) is 29.4. The standard InChI is InChI=1S/C28H28ClF3N6O3/c1-14-8-23-20(13-35(14)26(40)17-4-7-22(29)21(9-17)28(30,31)32)25-27(41)36(12-15(2)37(25)34-23)16(3)18-10-24(39)38(33-11-18)19-5-6-19/h4,7,9-11,14-16,19H,5-6,8,12-13H2,1-3H3/t14-,15-,16+/m1/s1. The minimum Gasteiger partial charge on any atom is -0.331 e. The van der Waals surface area contributed by atoms with Crippen LogP contribution in [0.4, 0.5) is 13.2 Å². The summed E-state index contributed by atoms with van der Waals surface area (Å²) in [5.41, 5.74) is 0.831. The Hall–Kier alpha value is -3.67. The van der Waals surface area contributed by atoms with Crippen LogP contribution in [0.3, 0.4) is 0 Å². The number of fused-ring (bicyclic) bond motifs is 3. The van der Waals surface area contributed by atoms with Crippen molar-refractivity contribution in [2.24, 2.45) is 0 Å². The van der Waals surface area contributed by atoms with Crippen molar-refractivity contribution >= 4 is 23.4 Å². The summed E-state index contributed by atoms with van der Waals surface area (Å²) >= 11 is 5.76. The number of hydrogen-bond acceptors (Lipinski definition) is 5. The van der Waals surface area contributed by atoms with Crippen molar-refractivity contribution in [2.75, 3.05) is 6.54 Å². The lowest BCUT2D eigenvalue weighted by molar-refractivity contribution is -0.137. The fourth-order valence-corrected chi connectivity index (χ4v) is 5.99. The topological polar surface area (TPSA) is 93.3 Å². The van der Waals surface area contributed by atoms with Crippen molar-refractivity contribution in [2.45, 2.75) is 76.9 Å². The first kappa shape index (κ1) is 27.5. The highest BCUT2D eigenvalue weighted by Gasteiger charge is 2.41. The molecule has 0 saturated heterocycles. The third kappa shape index (κ3) is 4.71. The van der Waals surface area contributed by atoms with Gasteiger partial charge in [-0.15, -0.1) is 0 Å². The van der Waals surface area contributed by atoms with Gasteiger partial charge in [0.15, 0.2) is 0 Å². The van der Waals surface area contributed by atoms with Gasteiger partial charge >= 0.3 is 6.18 Å². The molecular weight excluding hydrogens is 561 g/mol. The predicted octanol–water partition coefficient (Wildman–Crippen LogP) is 4.81. The normalized spacial score (nSPS) is 21.5. The number of amides is 2. The Balaban J connectivity index is 1.30. The van der Waals surface area contributed by atoms with Crippen molar-refractivity contribution in [3.63, 3.8) is 0 Å². The van der Waals surface area contributed by atoms with Crippen LogP contribution >= 0.6 is 11.6 Å². The van der Waals surface area contributed by atoms with Crippen LogP contribution < -0.4 is 5.56 Å². The first-order valence-corrected chi connectivity index (χ1v) is 13.9. The quantitative estimate of drug-likeness (QED) is 0.436. The van der Waals surface area contributed by atoms with Crippen molar-refractivity contribution in [1.29, 1.82) is 0 Å². The van der Waals surface area contributed by atoms with Gasteiger partial charge in [0.2, 0.25) is 0 Å². The first-order valence-electron chi connectivity index (χ1n) is 13.5. The van der Waals surface area contributed by atoms with E-state index in [4.69, 9.17) is 16.7 Å². The number of benzene rings is 1. The molecule has 216 valence electrons. The summed E-state index contributed by atoms with van der Waals surface area (Å²) in [4.78, 5) is 43.2. The average molecular weight is 589 g/mol. The maximum atomic E-state index is 13.9. The lowest BCUT2D eigenvalue weighted by Gasteiger charge is -2.37. The molecule has 13 heteroatoms. The van der Waals surface area contributed by atoms with Gasteiger partial charge in [0, 0.05) is 36.2 Å². The molecule has 4 heterocycles. The third-order valence-corrected chi connectivity index (χ3v) is 8.58. The molecule has 0 radical (unpaired) electrons. The zero-order valence-electron chi connectivity index (χ0n) is 22.7. The van der Waals surface area contributed by atoms with Gasteiger partial charge in [0.05, 0.1) is 47.1 Å². The van der Waals surface area contributed by atoms with Crippen LogP contribution in [0.25, 0.3) is 0 Å². The molecule has 0 spiro atoms. The summed E-state index contributed by atoms with van der Waals surface area (Å²) in [7, 11) is 0. The minimum atomic E-state index is -4.71. The van der Waals surface area contributed by atoms with Crippen LogP contribution in [0.15, 0.2) is 35.3 Å². The van der Waals surface area contributed by atoms with Gasteiger partial charge in [-0.05, 0) is 57.4 Å². The van der Waals surface area contributed by atoms with Crippen molar-refractivity contribution in [3.8, 4) is 0 Å². The van der Waals surface area contributed by atoms with Crippen LogP contribution in [0, 0.1) is 0 Å². The van der Waals surface area contributed by atoms with Gasteiger partial charge in [-0.3, -0.25) is 19.1 Å². The van der Waals surface area contributed by atoms with Gasteiger partial charge in [0.25, 0.3) is 17.4 Å². The Morgan fingerprint density at radius 3 is 2.49 bits per heavy atom. The van der Waals surface area contributed by atoms with Crippen LogP contribution in [-0.2, 0) is 19.1 Å². The van der Waals surface area contributed by atoms with E-state index in [0.29, 0.717) is 35.5 Å². The molecule has 2 aliphatic heterocycles. The maximum Gasteiger partial charge on any atom is 0.417 e. The second-order valence-corrected chi connectivity index (χ2v) is 11.6. The lowest BCUT2D eigenvalue weighted by atomic mass is 9.96. The van der Waals surface area contributed by atoms with Crippen LogP contribution in [-0.4, -0.2) is 53.8 Å². The van der Waals surface area contributed by atoms with Crippen LogP contribution in [0.5, 0.6) is 0 Å². The molecule has 3 atom stereocenters. The zero-order valence-corrected chi connectivity index (χ0v) is 23.4. The summed E-state index contributed by atoms with van der Waals surface area (Å²) in [6.45, 7) is 5.97. The van der Waals surface area contributed by atoms with E-state index in [-0.39, 0.29) is 41.7 Å². The highest BCUT2D eigenvalue weighted by Crippen LogP contribution is 2.38. The molecule has 1 saturated carbocycles. The second-order valence-electron chi connectivity index (χ2n) is 11.2. The summed E-state index contributed by atoms with van der Waals surface area (Å²) in [5, 5.41) is 8.56. The number of hydrogen-bond donors (Lipinski definition) is 0. The number of aromatic nitrogens is 4. The van der Waals surface area contributed by atoms with E-state index in [1.807, 2.05) is 13.8 Å².